The minimum absolute atomic E-state index is 0.0333. The summed E-state index contributed by atoms with van der Waals surface area (Å²) < 4.78 is 5.99. The van der Waals surface area contributed by atoms with Crippen molar-refractivity contribution in [3.8, 4) is 5.75 Å². The molecule has 0 aromatic heterocycles. The maximum atomic E-state index is 11.5. The molecule has 0 radical (unpaired) electrons. The molecule has 0 saturated carbocycles. The summed E-state index contributed by atoms with van der Waals surface area (Å²) in [6.45, 7) is 6.34. The highest BCUT2D eigenvalue weighted by Crippen LogP contribution is 2.15. The number of nitrogens with one attached hydrogen (secondary N) is 3. The van der Waals surface area contributed by atoms with Crippen molar-refractivity contribution in [2.24, 2.45) is 0 Å². The number of urea groups is 1. The van der Waals surface area contributed by atoms with Crippen LogP contribution in [0.3, 0.4) is 0 Å². The lowest BCUT2D eigenvalue weighted by Gasteiger charge is -2.09. The van der Waals surface area contributed by atoms with E-state index in [0.29, 0.717) is 29.0 Å². The van der Waals surface area contributed by atoms with Crippen LogP contribution < -0.4 is 20.7 Å². The van der Waals surface area contributed by atoms with Gasteiger partial charge in [0, 0.05) is 16.7 Å². The molecule has 0 aliphatic heterocycles. The van der Waals surface area contributed by atoms with E-state index in [1.165, 1.54) is 0 Å². The highest BCUT2D eigenvalue weighted by atomic mass is 79.9. The van der Waals surface area contributed by atoms with Gasteiger partial charge in [-0.2, -0.15) is 0 Å². The van der Waals surface area contributed by atoms with Crippen LogP contribution in [0.1, 0.15) is 6.92 Å². The second kappa shape index (κ2) is 9.02. The van der Waals surface area contributed by atoms with Gasteiger partial charge in [0.05, 0.1) is 6.54 Å². The van der Waals surface area contributed by atoms with Crippen LogP contribution in [0.15, 0.2) is 35.3 Å². The normalized spacial score (nSPS) is 9.62. The van der Waals surface area contributed by atoms with Crippen molar-refractivity contribution >= 4 is 33.6 Å². The van der Waals surface area contributed by atoms with E-state index in [-0.39, 0.29) is 18.5 Å². The number of halogens is 1. The quantitative estimate of drug-likeness (QED) is 0.701. The third-order valence-corrected chi connectivity index (χ3v) is 2.58. The van der Waals surface area contributed by atoms with Crippen molar-refractivity contribution < 1.29 is 14.3 Å². The van der Waals surface area contributed by atoms with Crippen LogP contribution in [0, 0.1) is 0 Å². The summed E-state index contributed by atoms with van der Waals surface area (Å²) in [5, 5.41) is 7.92. The molecule has 3 amide bonds. The average Bonchev–Trinajstić information content (AvgIpc) is 2.45. The SMILES string of the molecule is C=C(Br)CNC(=O)Nc1ccc(OCC(=O)NCC)cc1. The molecular weight excluding hydrogens is 338 g/mol. The van der Waals surface area contributed by atoms with Crippen molar-refractivity contribution in [2.45, 2.75) is 6.92 Å². The minimum Gasteiger partial charge on any atom is -0.484 e. The Morgan fingerprint density at radius 3 is 2.48 bits per heavy atom. The predicted molar refractivity (Wildman–Crippen MR) is 85.7 cm³/mol. The maximum Gasteiger partial charge on any atom is 0.319 e. The van der Waals surface area contributed by atoms with Crippen LogP contribution in [0.2, 0.25) is 0 Å². The first kappa shape index (κ1) is 17.0. The number of rotatable bonds is 7. The van der Waals surface area contributed by atoms with Gasteiger partial charge in [-0.3, -0.25) is 4.79 Å². The van der Waals surface area contributed by atoms with Gasteiger partial charge in [0.1, 0.15) is 5.75 Å². The Balaban J connectivity index is 2.41. The third kappa shape index (κ3) is 7.36. The molecule has 114 valence electrons. The van der Waals surface area contributed by atoms with Crippen LogP contribution in [-0.2, 0) is 4.79 Å². The molecule has 0 fully saturated rings. The predicted octanol–water partition coefficient (Wildman–Crippen LogP) is 2.23. The number of likely N-dealkylation sites (N-methyl/N-ethyl adjacent to an activating group) is 1. The van der Waals surface area contributed by atoms with Crippen molar-refractivity contribution in [3.05, 3.63) is 35.3 Å². The van der Waals surface area contributed by atoms with E-state index in [9.17, 15) is 9.59 Å². The summed E-state index contributed by atoms with van der Waals surface area (Å²) in [5.74, 6) is 0.384. The Labute approximate surface area is 132 Å². The molecule has 0 aliphatic carbocycles. The van der Waals surface area contributed by atoms with Gasteiger partial charge in [-0.05, 0) is 31.2 Å². The van der Waals surface area contributed by atoms with Crippen LogP contribution in [0.4, 0.5) is 10.5 Å². The minimum atomic E-state index is -0.327. The summed E-state index contributed by atoms with van der Waals surface area (Å²) in [6, 6.07) is 6.41. The molecule has 0 bridgehead atoms. The summed E-state index contributed by atoms with van der Waals surface area (Å²) >= 11 is 3.15. The Hall–Kier alpha value is -2.02. The van der Waals surface area contributed by atoms with E-state index >= 15 is 0 Å². The molecule has 0 heterocycles. The molecule has 3 N–H and O–H groups in total. The lowest BCUT2D eigenvalue weighted by Crippen LogP contribution is -2.29. The topological polar surface area (TPSA) is 79.5 Å². The standard InChI is InChI=1S/C14H18BrN3O3/c1-3-16-13(19)9-21-12-6-4-11(5-7-12)18-14(20)17-8-10(2)15/h4-7H,2-3,8-9H2,1H3,(H,16,19)(H2,17,18,20). The number of hydrogen-bond acceptors (Lipinski definition) is 3. The van der Waals surface area contributed by atoms with Crippen molar-refractivity contribution in [1.82, 2.24) is 10.6 Å². The zero-order chi connectivity index (χ0) is 15.7. The average molecular weight is 356 g/mol. The van der Waals surface area contributed by atoms with Crippen molar-refractivity contribution in [3.63, 3.8) is 0 Å². The Morgan fingerprint density at radius 2 is 1.90 bits per heavy atom. The molecule has 1 rings (SSSR count). The molecule has 0 aliphatic rings. The Bertz CT molecular complexity index is 503. The summed E-state index contributed by atoms with van der Waals surface area (Å²) in [7, 11) is 0. The zero-order valence-electron chi connectivity index (χ0n) is 11.7. The number of amides is 3. The fraction of sp³-hybridized carbons (Fsp3) is 0.286. The fourth-order valence-corrected chi connectivity index (χ4v) is 1.52. The van der Waals surface area contributed by atoms with Gasteiger partial charge in [-0.15, -0.1) is 0 Å². The molecule has 0 atom stereocenters. The van der Waals surface area contributed by atoms with Crippen LogP contribution in [0.25, 0.3) is 0 Å². The summed E-state index contributed by atoms with van der Waals surface area (Å²) in [6.07, 6.45) is 0. The first-order valence-corrected chi connectivity index (χ1v) is 7.18. The van der Waals surface area contributed by atoms with Crippen molar-refractivity contribution in [1.29, 1.82) is 0 Å². The molecule has 1 aromatic rings. The Kier molecular flexibility index (Phi) is 7.31. The highest BCUT2D eigenvalue weighted by Gasteiger charge is 2.03. The maximum absolute atomic E-state index is 11.5. The Morgan fingerprint density at radius 1 is 1.24 bits per heavy atom. The number of anilines is 1. The molecule has 21 heavy (non-hydrogen) atoms. The van der Waals surface area contributed by atoms with Gasteiger partial charge in [0.15, 0.2) is 6.61 Å². The summed E-state index contributed by atoms with van der Waals surface area (Å²) in [4.78, 5) is 22.8. The van der Waals surface area contributed by atoms with E-state index in [1.807, 2.05) is 6.92 Å². The number of carbonyl (C=O) groups is 2. The van der Waals surface area contributed by atoms with Gasteiger partial charge >= 0.3 is 6.03 Å². The molecule has 0 saturated heterocycles. The second-order valence-electron chi connectivity index (χ2n) is 4.09. The smallest absolute Gasteiger partial charge is 0.319 e. The molecule has 1 aromatic carbocycles. The first-order chi connectivity index (χ1) is 10.0. The van der Waals surface area contributed by atoms with Gasteiger partial charge < -0.3 is 20.7 Å². The number of carbonyl (C=O) groups excluding carboxylic acids is 2. The first-order valence-electron chi connectivity index (χ1n) is 6.39. The van der Waals surface area contributed by atoms with Crippen molar-refractivity contribution in [2.75, 3.05) is 25.0 Å². The van der Waals surface area contributed by atoms with E-state index in [2.05, 4.69) is 38.5 Å². The largest absolute Gasteiger partial charge is 0.484 e. The number of ether oxygens (including phenoxy) is 1. The van der Waals surface area contributed by atoms with Crippen LogP contribution in [-0.4, -0.2) is 31.6 Å². The molecular formula is C14H18BrN3O3. The van der Waals surface area contributed by atoms with Gasteiger partial charge in [-0.1, -0.05) is 22.5 Å². The lowest BCUT2D eigenvalue weighted by molar-refractivity contribution is -0.122. The molecule has 6 nitrogen and oxygen atoms in total. The molecule has 0 spiro atoms. The zero-order valence-corrected chi connectivity index (χ0v) is 13.3. The summed E-state index contributed by atoms with van der Waals surface area (Å²) in [5.41, 5.74) is 0.623. The highest BCUT2D eigenvalue weighted by molar-refractivity contribution is 9.11. The van der Waals surface area contributed by atoms with E-state index < -0.39 is 0 Å². The lowest BCUT2D eigenvalue weighted by atomic mass is 10.3. The van der Waals surface area contributed by atoms with Crippen LogP contribution >= 0.6 is 15.9 Å². The second-order valence-corrected chi connectivity index (χ2v) is 5.21. The van der Waals surface area contributed by atoms with E-state index in [0.717, 1.165) is 0 Å². The molecule has 0 unspecified atom stereocenters. The van der Waals surface area contributed by atoms with Gasteiger partial charge in [0.25, 0.3) is 5.91 Å². The number of benzene rings is 1. The monoisotopic (exact) mass is 355 g/mol. The van der Waals surface area contributed by atoms with Gasteiger partial charge in [0.2, 0.25) is 0 Å². The van der Waals surface area contributed by atoms with E-state index in [4.69, 9.17) is 4.74 Å². The fourth-order valence-electron chi connectivity index (χ4n) is 1.38. The van der Waals surface area contributed by atoms with Crippen LogP contribution in [0.5, 0.6) is 5.75 Å². The van der Waals surface area contributed by atoms with Gasteiger partial charge in [-0.25, -0.2) is 4.79 Å². The van der Waals surface area contributed by atoms with E-state index in [1.54, 1.807) is 24.3 Å². The third-order valence-electron chi connectivity index (χ3n) is 2.30. The molecule has 7 heteroatoms. The number of hydrogen-bond donors (Lipinski definition) is 3.